The van der Waals surface area contributed by atoms with Crippen molar-refractivity contribution in [3.05, 3.63) is 35.6 Å². The molecule has 0 radical (unpaired) electrons. The third-order valence-electron chi connectivity index (χ3n) is 2.10. The molecule has 1 amide bonds. The Labute approximate surface area is 105 Å². The molecule has 4 nitrogen and oxygen atoms in total. The first-order valence-electron chi connectivity index (χ1n) is 5.68. The van der Waals surface area contributed by atoms with E-state index in [0.717, 1.165) is 6.07 Å². The van der Waals surface area contributed by atoms with Gasteiger partial charge >= 0.3 is 5.97 Å². The van der Waals surface area contributed by atoms with Crippen molar-refractivity contribution < 1.29 is 18.7 Å². The van der Waals surface area contributed by atoms with Crippen molar-refractivity contribution in [1.82, 2.24) is 5.32 Å². The monoisotopic (exact) mass is 253 g/mol. The second kappa shape index (κ2) is 6.74. The van der Waals surface area contributed by atoms with Crippen LogP contribution in [-0.4, -0.2) is 25.0 Å². The average molecular weight is 253 g/mol. The highest BCUT2D eigenvalue weighted by Crippen LogP contribution is 2.04. The van der Waals surface area contributed by atoms with Crippen molar-refractivity contribution in [2.75, 3.05) is 13.2 Å². The van der Waals surface area contributed by atoms with Crippen molar-refractivity contribution in [3.8, 4) is 0 Å². The molecule has 0 aliphatic rings. The smallest absolute Gasteiger partial charge is 0.338 e. The summed E-state index contributed by atoms with van der Waals surface area (Å²) in [5.74, 6) is -1.27. The van der Waals surface area contributed by atoms with Crippen molar-refractivity contribution >= 4 is 11.9 Å². The van der Waals surface area contributed by atoms with Crippen LogP contribution in [0.4, 0.5) is 4.39 Å². The molecule has 0 heterocycles. The van der Waals surface area contributed by atoms with Crippen LogP contribution in [0.3, 0.4) is 0 Å². The van der Waals surface area contributed by atoms with E-state index >= 15 is 0 Å². The number of benzene rings is 1. The first-order valence-corrected chi connectivity index (χ1v) is 5.68. The quantitative estimate of drug-likeness (QED) is 0.813. The predicted octanol–water partition coefficient (Wildman–Crippen LogP) is 1.75. The lowest BCUT2D eigenvalue weighted by Crippen LogP contribution is -2.31. The Morgan fingerprint density at radius 1 is 1.39 bits per heavy atom. The number of rotatable bonds is 5. The standard InChI is InChI=1S/C13H16FNO3/c1-9(2)7-15-12(16)8-18-13(17)10-4-3-5-11(14)6-10/h3-6,9H,7-8H2,1-2H3,(H,15,16). The highest BCUT2D eigenvalue weighted by atomic mass is 19.1. The number of ether oxygens (including phenoxy) is 1. The molecule has 1 aromatic rings. The minimum atomic E-state index is -0.714. The van der Waals surface area contributed by atoms with E-state index in [4.69, 9.17) is 4.74 Å². The summed E-state index contributed by atoms with van der Waals surface area (Å²) in [4.78, 5) is 22.8. The Morgan fingerprint density at radius 2 is 2.11 bits per heavy atom. The molecule has 0 bridgehead atoms. The van der Waals surface area contributed by atoms with Gasteiger partial charge in [0.2, 0.25) is 0 Å². The summed E-state index contributed by atoms with van der Waals surface area (Å²) in [6, 6.07) is 5.13. The van der Waals surface area contributed by atoms with Gasteiger partial charge in [-0.3, -0.25) is 4.79 Å². The van der Waals surface area contributed by atoms with Gasteiger partial charge in [-0.05, 0) is 24.1 Å². The highest BCUT2D eigenvalue weighted by Gasteiger charge is 2.10. The minimum Gasteiger partial charge on any atom is -0.452 e. The second-order valence-electron chi connectivity index (χ2n) is 4.28. The first kappa shape index (κ1) is 14.2. The van der Waals surface area contributed by atoms with Crippen LogP contribution < -0.4 is 5.32 Å². The fraction of sp³-hybridized carbons (Fsp3) is 0.385. The van der Waals surface area contributed by atoms with Crippen LogP contribution in [0, 0.1) is 11.7 Å². The highest BCUT2D eigenvalue weighted by molar-refractivity contribution is 5.91. The van der Waals surface area contributed by atoms with E-state index in [1.54, 1.807) is 0 Å². The van der Waals surface area contributed by atoms with E-state index in [2.05, 4.69) is 5.32 Å². The molecule has 0 aromatic heterocycles. The van der Waals surface area contributed by atoms with E-state index in [1.165, 1.54) is 18.2 Å². The van der Waals surface area contributed by atoms with Crippen LogP contribution in [-0.2, 0) is 9.53 Å². The van der Waals surface area contributed by atoms with E-state index in [1.807, 2.05) is 13.8 Å². The van der Waals surface area contributed by atoms with Gasteiger partial charge in [0, 0.05) is 6.54 Å². The average Bonchev–Trinajstić information content (AvgIpc) is 2.33. The molecule has 0 aliphatic carbocycles. The van der Waals surface area contributed by atoms with Gasteiger partial charge in [-0.1, -0.05) is 19.9 Å². The first-order chi connectivity index (χ1) is 8.49. The van der Waals surface area contributed by atoms with Crippen molar-refractivity contribution in [3.63, 3.8) is 0 Å². The van der Waals surface area contributed by atoms with Gasteiger partial charge in [0.15, 0.2) is 6.61 Å². The summed E-state index contributed by atoms with van der Waals surface area (Å²) < 4.78 is 17.6. The van der Waals surface area contributed by atoms with Gasteiger partial charge < -0.3 is 10.1 Å². The normalized spacial score (nSPS) is 10.2. The third-order valence-corrected chi connectivity index (χ3v) is 2.10. The number of amides is 1. The fourth-order valence-electron chi connectivity index (χ4n) is 1.20. The molecule has 1 aromatic carbocycles. The zero-order chi connectivity index (χ0) is 13.5. The third kappa shape index (κ3) is 4.95. The summed E-state index contributed by atoms with van der Waals surface area (Å²) in [6.45, 7) is 4.08. The Morgan fingerprint density at radius 3 is 2.72 bits per heavy atom. The molecule has 98 valence electrons. The van der Waals surface area contributed by atoms with E-state index in [0.29, 0.717) is 12.5 Å². The maximum absolute atomic E-state index is 12.8. The van der Waals surface area contributed by atoms with Gasteiger partial charge in [0.05, 0.1) is 5.56 Å². The van der Waals surface area contributed by atoms with Gasteiger partial charge in [0.25, 0.3) is 5.91 Å². The molecule has 5 heteroatoms. The van der Waals surface area contributed by atoms with Crippen molar-refractivity contribution in [1.29, 1.82) is 0 Å². The molecule has 1 N–H and O–H groups in total. The molecule has 0 fully saturated rings. The second-order valence-corrected chi connectivity index (χ2v) is 4.28. The fourth-order valence-corrected chi connectivity index (χ4v) is 1.20. The molecule has 18 heavy (non-hydrogen) atoms. The lowest BCUT2D eigenvalue weighted by Gasteiger charge is -2.08. The summed E-state index contributed by atoms with van der Waals surface area (Å²) in [7, 11) is 0. The van der Waals surface area contributed by atoms with Gasteiger partial charge in [-0.15, -0.1) is 0 Å². The number of hydrogen-bond acceptors (Lipinski definition) is 3. The number of halogens is 1. The molecule has 0 spiro atoms. The molecule has 0 saturated carbocycles. The number of carbonyl (C=O) groups excluding carboxylic acids is 2. The number of carbonyl (C=O) groups is 2. The number of hydrogen-bond donors (Lipinski definition) is 1. The Balaban J connectivity index is 2.39. The predicted molar refractivity (Wildman–Crippen MR) is 64.5 cm³/mol. The van der Waals surface area contributed by atoms with E-state index in [-0.39, 0.29) is 18.1 Å². The number of esters is 1. The summed E-state index contributed by atoms with van der Waals surface area (Å²) in [5, 5.41) is 2.61. The van der Waals surface area contributed by atoms with Crippen LogP contribution >= 0.6 is 0 Å². The molecular formula is C13H16FNO3. The van der Waals surface area contributed by atoms with Crippen LogP contribution in [0.1, 0.15) is 24.2 Å². The van der Waals surface area contributed by atoms with Crippen LogP contribution in [0.5, 0.6) is 0 Å². The van der Waals surface area contributed by atoms with Crippen molar-refractivity contribution in [2.24, 2.45) is 5.92 Å². The Bertz CT molecular complexity index is 432. The van der Waals surface area contributed by atoms with Gasteiger partial charge in [-0.2, -0.15) is 0 Å². The molecule has 0 saturated heterocycles. The van der Waals surface area contributed by atoms with Crippen LogP contribution in [0.2, 0.25) is 0 Å². The van der Waals surface area contributed by atoms with Gasteiger partial charge in [-0.25, -0.2) is 9.18 Å². The topological polar surface area (TPSA) is 55.4 Å². The van der Waals surface area contributed by atoms with Crippen LogP contribution in [0.15, 0.2) is 24.3 Å². The van der Waals surface area contributed by atoms with Gasteiger partial charge in [0.1, 0.15) is 5.82 Å². The zero-order valence-electron chi connectivity index (χ0n) is 10.4. The maximum atomic E-state index is 12.8. The lowest BCUT2D eigenvalue weighted by molar-refractivity contribution is -0.124. The van der Waals surface area contributed by atoms with E-state index < -0.39 is 11.8 Å². The largest absolute Gasteiger partial charge is 0.452 e. The molecule has 1 rings (SSSR count). The maximum Gasteiger partial charge on any atom is 0.338 e. The molecule has 0 atom stereocenters. The molecule has 0 aliphatic heterocycles. The number of nitrogens with one attached hydrogen (secondary N) is 1. The van der Waals surface area contributed by atoms with Crippen LogP contribution in [0.25, 0.3) is 0 Å². The zero-order valence-corrected chi connectivity index (χ0v) is 10.4. The van der Waals surface area contributed by atoms with Crippen molar-refractivity contribution in [2.45, 2.75) is 13.8 Å². The molecular weight excluding hydrogens is 237 g/mol. The summed E-state index contributed by atoms with van der Waals surface area (Å²) in [5.41, 5.74) is 0.0895. The Kier molecular flexibility index (Phi) is 5.30. The lowest BCUT2D eigenvalue weighted by atomic mass is 10.2. The summed E-state index contributed by atoms with van der Waals surface area (Å²) in [6.07, 6.45) is 0. The minimum absolute atomic E-state index is 0.0895. The summed E-state index contributed by atoms with van der Waals surface area (Å²) >= 11 is 0. The molecule has 0 unspecified atom stereocenters. The SMILES string of the molecule is CC(C)CNC(=O)COC(=O)c1cccc(F)c1. The van der Waals surface area contributed by atoms with E-state index in [9.17, 15) is 14.0 Å². The Hall–Kier alpha value is -1.91.